The van der Waals surface area contributed by atoms with E-state index >= 15 is 0 Å². The Morgan fingerprint density at radius 2 is 1.83 bits per heavy atom. The Labute approximate surface area is 175 Å². The van der Waals surface area contributed by atoms with E-state index in [2.05, 4.69) is 32.3 Å². The van der Waals surface area contributed by atoms with Crippen LogP contribution in [0.15, 0.2) is 65.0 Å². The number of nitrogens with zero attached hydrogens (tertiary/aromatic N) is 2. The number of benzene rings is 2. The second-order valence-corrected chi connectivity index (χ2v) is 11.0. The second kappa shape index (κ2) is 7.72. The van der Waals surface area contributed by atoms with E-state index in [1.54, 1.807) is 36.4 Å². The number of carbonyl (C=O) groups is 1. The molecule has 0 N–H and O–H groups in total. The van der Waals surface area contributed by atoms with Crippen molar-refractivity contribution in [2.24, 2.45) is 4.99 Å². The summed E-state index contributed by atoms with van der Waals surface area (Å²) < 4.78 is 26.3. The second-order valence-electron chi connectivity index (χ2n) is 7.93. The molecule has 3 rings (SSSR count). The zero-order valence-electron chi connectivity index (χ0n) is 17.0. The molecule has 0 spiro atoms. The highest BCUT2D eigenvalue weighted by atomic mass is 32.2. The number of carbonyl (C=O) groups excluding carboxylic acids is 1. The molecule has 0 saturated heterocycles. The van der Waals surface area contributed by atoms with Gasteiger partial charge in [0.15, 0.2) is 14.6 Å². The third-order valence-electron chi connectivity index (χ3n) is 4.59. The predicted octanol–water partition coefficient (Wildman–Crippen LogP) is 4.33. The van der Waals surface area contributed by atoms with Crippen LogP contribution in [0, 0.1) is 0 Å². The predicted molar refractivity (Wildman–Crippen MR) is 118 cm³/mol. The molecule has 0 radical (unpaired) electrons. The molecule has 29 heavy (non-hydrogen) atoms. The molecule has 152 valence electrons. The smallest absolute Gasteiger partial charge is 0.279 e. The summed E-state index contributed by atoms with van der Waals surface area (Å²) in [6.45, 7) is 10.6. The van der Waals surface area contributed by atoms with Crippen LogP contribution in [0.4, 0.5) is 0 Å². The van der Waals surface area contributed by atoms with Gasteiger partial charge in [-0.2, -0.15) is 4.99 Å². The Kier molecular flexibility index (Phi) is 5.65. The third kappa shape index (κ3) is 4.57. The molecule has 1 heterocycles. The molecule has 0 bridgehead atoms. The van der Waals surface area contributed by atoms with E-state index in [9.17, 15) is 13.2 Å². The van der Waals surface area contributed by atoms with Gasteiger partial charge in [0.05, 0.1) is 15.1 Å². The van der Waals surface area contributed by atoms with Crippen LogP contribution in [0.5, 0.6) is 0 Å². The molecule has 0 atom stereocenters. The molecule has 7 heteroatoms. The average Bonchev–Trinajstić information content (AvgIpc) is 2.97. The Bertz CT molecular complexity index is 1260. The fourth-order valence-corrected chi connectivity index (χ4v) is 4.74. The van der Waals surface area contributed by atoms with E-state index in [1.165, 1.54) is 17.6 Å². The van der Waals surface area contributed by atoms with Crippen molar-refractivity contribution in [2.45, 2.75) is 37.6 Å². The fraction of sp³-hybridized carbons (Fsp3) is 0.273. The molecule has 0 aliphatic rings. The summed E-state index contributed by atoms with van der Waals surface area (Å²) in [5, 5.41) is 0. The molecule has 1 aromatic heterocycles. The molecule has 0 fully saturated rings. The Morgan fingerprint density at radius 1 is 1.17 bits per heavy atom. The minimum atomic E-state index is -3.31. The van der Waals surface area contributed by atoms with Crippen LogP contribution in [-0.4, -0.2) is 25.1 Å². The maximum Gasteiger partial charge on any atom is 0.279 e. The number of amides is 1. The van der Waals surface area contributed by atoms with Crippen LogP contribution in [0.25, 0.3) is 10.2 Å². The Morgan fingerprint density at radius 3 is 2.38 bits per heavy atom. The first-order valence-corrected chi connectivity index (χ1v) is 11.9. The molecule has 3 aromatic rings. The quantitative estimate of drug-likeness (QED) is 0.581. The molecule has 0 aliphatic carbocycles. The minimum Gasteiger partial charge on any atom is -0.312 e. The normalized spacial score (nSPS) is 13.0. The lowest BCUT2D eigenvalue weighted by Gasteiger charge is -2.18. The highest BCUT2D eigenvalue weighted by Crippen LogP contribution is 2.23. The van der Waals surface area contributed by atoms with Crippen molar-refractivity contribution in [1.82, 2.24) is 4.57 Å². The van der Waals surface area contributed by atoms with E-state index in [4.69, 9.17) is 0 Å². The SMILES string of the molecule is C=CCn1c(=NC(=O)c2ccc(C(C)(C)C)cc2)sc2cc(S(C)(=O)=O)ccc21. The van der Waals surface area contributed by atoms with Crippen LogP contribution in [0.2, 0.25) is 0 Å². The largest absolute Gasteiger partial charge is 0.312 e. The van der Waals surface area contributed by atoms with Crippen LogP contribution >= 0.6 is 11.3 Å². The number of hydrogen-bond donors (Lipinski definition) is 0. The van der Waals surface area contributed by atoms with E-state index in [1.807, 2.05) is 16.7 Å². The number of sulfone groups is 1. The first-order chi connectivity index (χ1) is 13.5. The Balaban J connectivity index is 2.09. The van der Waals surface area contributed by atoms with E-state index < -0.39 is 9.84 Å². The van der Waals surface area contributed by atoms with Crippen molar-refractivity contribution in [3.8, 4) is 0 Å². The summed E-state index contributed by atoms with van der Waals surface area (Å²) in [5.74, 6) is -0.335. The van der Waals surface area contributed by atoms with Gasteiger partial charge in [-0.15, -0.1) is 6.58 Å². The highest BCUT2D eigenvalue weighted by Gasteiger charge is 2.15. The van der Waals surface area contributed by atoms with Gasteiger partial charge in [-0.3, -0.25) is 4.79 Å². The van der Waals surface area contributed by atoms with Crippen molar-refractivity contribution >= 4 is 37.3 Å². The number of rotatable bonds is 4. The van der Waals surface area contributed by atoms with Crippen molar-refractivity contribution in [3.63, 3.8) is 0 Å². The van der Waals surface area contributed by atoms with Crippen LogP contribution in [-0.2, 0) is 21.8 Å². The zero-order chi connectivity index (χ0) is 21.4. The van der Waals surface area contributed by atoms with E-state index in [0.29, 0.717) is 16.9 Å². The number of aromatic nitrogens is 1. The van der Waals surface area contributed by atoms with Gasteiger partial charge >= 0.3 is 0 Å². The standard InChI is InChI=1S/C22H24N2O3S2/c1-6-13-24-18-12-11-17(29(5,26)27)14-19(18)28-21(24)23-20(25)15-7-9-16(10-8-15)22(2,3)4/h6-12,14H,1,13H2,2-5H3. The molecule has 5 nitrogen and oxygen atoms in total. The lowest BCUT2D eigenvalue weighted by Crippen LogP contribution is -2.16. The molecular formula is C22H24N2O3S2. The molecular weight excluding hydrogens is 404 g/mol. The lowest BCUT2D eigenvalue weighted by atomic mass is 9.87. The van der Waals surface area contributed by atoms with Gasteiger partial charge in [0.2, 0.25) is 0 Å². The first-order valence-electron chi connectivity index (χ1n) is 9.14. The molecule has 0 unspecified atom stereocenters. The van der Waals surface area contributed by atoms with Gasteiger partial charge in [-0.1, -0.05) is 50.3 Å². The van der Waals surface area contributed by atoms with Crippen molar-refractivity contribution in [2.75, 3.05) is 6.26 Å². The van der Waals surface area contributed by atoms with Crippen molar-refractivity contribution < 1.29 is 13.2 Å². The Hall–Kier alpha value is -2.51. The summed E-state index contributed by atoms with van der Waals surface area (Å²) in [6.07, 6.45) is 2.90. The zero-order valence-corrected chi connectivity index (χ0v) is 18.6. The van der Waals surface area contributed by atoms with Crippen LogP contribution in [0.1, 0.15) is 36.7 Å². The average molecular weight is 429 g/mol. The third-order valence-corrected chi connectivity index (χ3v) is 6.74. The maximum absolute atomic E-state index is 12.7. The summed E-state index contributed by atoms with van der Waals surface area (Å²) in [4.78, 5) is 17.8. The van der Waals surface area contributed by atoms with Gasteiger partial charge in [0, 0.05) is 18.4 Å². The lowest BCUT2D eigenvalue weighted by molar-refractivity contribution is 0.0998. The number of fused-ring (bicyclic) bond motifs is 1. The van der Waals surface area contributed by atoms with E-state index in [-0.39, 0.29) is 16.2 Å². The molecule has 2 aromatic carbocycles. The molecule has 0 saturated carbocycles. The first kappa shape index (κ1) is 21.2. The van der Waals surface area contributed by atoms with Gasteiger partial charge < -0.3 is 4.57 Å². The molecule has 1 amide bonds. The number of thiazole rings is 1. The summed E-state index contributed by atoms with van der Waals surface area (Å²) >= 11 is 1.29. The monoisotopic (exact) mass is 428 g/mol. The van der Waals surface area contributed by atoms with Crippen molar-refractivity contribution in [1.29, 1.82) is 0 Å². The number of hydrogen-bond acceptors (Lipinski definition) is 4. The number of allylic oxidation sites excluding steroid dienone is 1. The van der Waals surface area contributed by atoms with Gasteiger partial charge in [0.25, 0.3) is 5.91 Å². The van der Waals surface area contributed by atoms with Crippen LogP contribution in [0.3, 0.4) is 0 Å². The maximum atomic E-state index is 12.7. The minimum absolute atomic E-state index is 0.00843. The topological polar surface area (TPSA) is 68.5 Å². The van der Waals surface area contributed by atoms with Gasteiger partial charge in [-0.05, 0) is 41.3 Å². The summed E-state index contributed by atoms with van der Waals surface area (Å²) in [7, 11) is -3.31. The fourth-order valence-electron chi connectivity index (χ4n) is 2.94. The molecule has 0 aliphatic heterocycles. The van der Waals surface area contributed by atoms with E-state index in [0.717, 1.165) is 15.8 Å². The summed E-state index contributed by atoms with van der Waals surface area (Å²) in [5.41, 5.74) is 2.48. The van der Waals surface area contributed by atoms with Gasteiger partial charge in [-0.25, -0.2) is 8.42 Å². The van der Waals surface area contributed by atoms with Crippen LogP contribution < -0.4 is 4.80 Å². The highest BCUT2D eigenvalue weighted by molar-refractivity contribution is 7.90. The van der Waals surface area contributed by atoms with Gasteiger partial charge in [0.1, 0.15) is 0 Å². The summed E-state index contributed by atoms with van der Waals surface area (Å²) in [6, 6.07) is 12.4. The van der Waals surface area contributed by atoms with Crippen molar-refractivity contribution in [3.05, 3.63) is 71.0 Å².